The molecular weight excluding hydrogens is 515 g/mol. The highest BCUT2D eigenvalue weighted by Crippen LogP contribution is 2.36. The van der Waals surface area contributed by atoms with Crippen LogP contribution in [0.5, 0.6) is 5.75 Å². The summed E-state index contributed by atoms with van der Waals surface area (Å²) in [5.41, 5.74) is 0.0375. The molecule has 0 bridgehead atoms. The lowest BCUT2D eigenvalue weighted by Gasteiger charge is -2.36. The molecule has 1 aliphatic rings. The smallest absolute Gasteiger partial charge is 0.433 e. The Morgan fingerprint density at radius 3 is 2.56 bits per heavy atom. The average molecular weight is 536 g/mol. The monoisotopic (exact) mass is 535 g/mol. The molecule has 3 aromatic heterocycles. The second-order valence-corrected chi connectivity index (χ2v) is 9.54. The third-order valence-corrected chi connectivity index (χ3v) is 7.32. The summed E-state index contributed by atoms with van der Waals surface area (Å²) < 4.78 is 47.7. The minimum atomic E-state index is -4.68. The molecule has 1 amide bonds. The average Bonchev–Trinajstić information content (AvgIpc) is 3.52. The summed E-state index contributed by atoms with van der Waals surface area (Å²) in [7, 11) is 1.61. The van der Waals surface area contributed by atoms with E-state index < -0.39 is 11.9 Å². The number of methoxy groups -OCH3 is 1. The maximum Gasteiger partial charge on any atom is 0.433 e. The number of alkyl halides is 3. The van der Waals surface area contributed by atoms with E-state index in [0.29, 0.717) is 35.6 Å². The number of para-hydroxylation sites is 2. The van der Waals surface area contributed by atoms with Gasteiger partial charge in [-0.25, -0.2) is 9.50 Å². The molecule has 36 heavy (non-hydrogen) atoms. The van der Waals surface area contributed by atoms with Crippen molar-refractivity contribution < 1.29 is 22.7 Å². The van der Waals surface area contributed by atoms with Crippen LogP contribution in [0.3, 0.4) is 0 Å². The number of fused-ring (bicyclic) bond motifs is 1. The molecule has 4 heterocycles. The largest absolute Gasteiger partial charge is 0.495 e. The molecule has 188 valence electrons. The molecule has 0 atom stereocenters. The molecule has 1 aliphatic heterocycles. The number of hydrogen-bond acceptors (Lipinski definition) is 6. The third kappa shape index (κ3) is 4.60. The number of hydrogen-bond donors (Lipinski definition) is 0. The Hall–Kier alpha value is -3.31. The fourth-order valence-corrected chi connectivity index (χ4v) is 5.16. The van der Waals surface area contributed by atoms with E-state index in [-0.39, 0.29) is 34.4 Å². The molecule has 0 spiro atoms. The van der Waals surface area contributed by atoms with Crippen LogP contribution in [0.4, 0.5) is 18.9 Å². The van der Waals surface area contributed by atoms with Gasteiger partial charge in [-0.15, -0.1) is 11.3 Å². The molecule has 0 radical (unpaired) electrons. The van der Waals surface area contributed by atoms with Crippen LogP contribution >= 0.6 is 22.9 Å². The van der Waals surface area contributed by atoms with E-state index in [2.05, 4.69) is 15.0 Å². The number of piperazine rings is 1. The molecule has 7 nitrogen and oxygen atoms in total. The van der Waals surface area contributed by atoms with Crippen LogP contribution in [-0.2, 0) is 17.4 Å². The minimum absolute atomic E-state index is 0.0556. The van der Waals surface area contributed by atoms with Crippen LogP contribution < -0.4 is 9.64 Å². The first kappa shape index (κ1) is 24.4. The number of aromatic nitrogens is 3. The van der Waals surface area contributed by atoms with Gasteiger partial charge in [0.1, 0.15) is 10.8 Å². The summed E-state index contributed by atoms with van der Waals surface area (Å²) in [6, 6.07) is 12.0. The van der Waals surface area contributed by atoms with Crippen LogP contribution in [0, 0.1) is 0 Å². The van der Waals surface area contributed by atoms with Gasteiger partial charge in [0.15, 0.2) is 11.3 Å². The Labute approximate surface area is 213 Å². The molecule has 5 rings (SSSR count). The minimum Gasteiger partial charge on any atom is -0.495 e. The fourth-order valence-electron chi connectivity index (χ4n) is 4.24. The number of amides is 1. The van der Waals surface area contributed by atoms with Crippen molar-refractivity contribution in [3.05, 3.63) is 64.3 Å². The lowest BCUT2D eigenvalue weighted by atomic mass is 10.2. The van der Waals surface area contributed by atoms with Crippen LogP contribution in [0.2, 0.25) is 5.02 Å². The van der Waals surface area contributed by atoms with Crippen molar-refractivity contribution in [2.45, 2.75) is 12.6 Å². The highest BCUT2D eigenvalue weighted by Gasteiger charge is 2.36. The quantitative estimate of drug-likeness (QED) is 0.359. The maximum absolute atomic E-state index is 13.8. The lowest BCUT2D eigenvalue weighted by Crippen LogP contribution is -2.49. The van der Waals surface area contributed by atoms with Gasteiger partial charge in [-0.2, -0.15) is 18.3 Å². The molecule has 1 saturated heterocycles. The number of rotatable bonds is 5. The Kier molecular flexibility index (Phi) is 6.52. The second kappa shape index (κ2) is 9.62. The first-order valence-corrected chi connectivity index (χ1v) is 12.4. The summed E-state index contributed by atoms with van der Waals surface area (Å²) in [4.78, 5) is 21.7. The van der Waals surface area contributed by atoms with Gasteiger partial charge in [0.2, 0.25) is 5.91 Å². The highest BCUT2D eigenvalue weighted by molar-refractivity contribution is 7.13. The van der Waals surface area contributed by atoms with Crippen molar-refractivity contribution in [3.63, 3.8) is 0 Å². The Morgan fingerprint density at radius 1 is 1.14 bits per heavy atom. The number of benzene rings is 1. The van der Waals surface area contributed by atoms with E-state index in [1.54, 1.807) is 29.5 Å². The van der Waals surface area contributed by atoms with E-state index in [0.717, 1.165) is 17.5 Å². The second-order valence-electron chi connectivity index (χ2n) is 8.21. The SMILES string of the molecule is COc1ccccc1N1CCN(C(=O)Cc2nn3c(C(F)(F)F)cc(-c4cccs4)nc3c2Cl)CC1. The van der Waals surface area contributed by atoms with Crippen LogP contribution in [0.15, 0.2) is 47.8 Å². The van der Waals surface area contributed by atoms with Gasteiger partial charge in [-0.1, -0.05) is 29.8 Å². The number of carbonyl (C=O) groups excluding carboxylic acids is 1. The number of thiophene rings is 1. The van der Waals surface area contributed by atoms with Gasteiger partial charge >= 0.3 is 6.18 Å². The maximum atomic E-state index is 13.8. The number of halogens is 4. The van der Waals surface area contributed by atoms with E-state index in [1.165, 1.54) is 11.3 Å². The zero-order valence-corrected chi connectivity index (χ0v) is 20.7. The highest BCUT2D eigenvalue weighted by atomic mass is 35.5. The van der Waals surface area contributed by atoms with Crippen molar-refractivity contribution >= 4 is 40.2 Å². The zero-order valence-electron chi connectivity index (χ0n) is 19.1. The molecule has 12 heteroatoms. The van der Waals surface area contributed by atoms with Crippen molar-refractivity contribution in [1.29, 1.82) is 0 Å². The topological polar surface area (TPSA) is 63.0 Å². The van der Waals surface area contributed by atoms with Gasteiger partial charge < -0.3 is 14.5 Å². The Bertz CT molecular complexity index is 1400. The molecule has 0 aliphatic carbocycles. The number of anilines is 1. The van der Waals surface area contributed by atoms with Crippen molar-refractivity contribution in [2.75, 3.05) is 38.2 Å². The summed E-state index contributed by atoms with van der Waals surface area (Å²) >= 11 is 7.70. The van der Waals surface area contributed by atoms with Crippen LogP contribution in [0.1, 0.15) is 11.4 Å². The van der Waals surface area contributed by atoms with Gasteiger partial charge in [0.05, 0.1) is 35.5 Å². The predicted molar refractivity (Wildman–Crippen MR) is 132 cm³/mol. The normalized spacial score (nSPS) is 14.5. The fraction of sp³-hybridized carbons (Fsp3) is 0.292. The van der Waals surface area contributed by atoms with E-state index >= 15 is 0 Å². The Morgan fingerprint density at radius 2 is 1.89 bits per heavy atom. The zero-order chi connectivity index (χ0) is 25.4. The first-order chi connectivity index (χ1) is 17.3. The summed E-state index contributed by atoms with van der Waals surface area (Å²) in [6.45, 7) is 2.09. The number of carbonyl (C=O) groups is 1. The first-order valence-electron chi connectivity index (χ1n) is 11.1. The van der Waals surface area contributed by atoms with Crippen LogP contribution in [-0.4, -0.2) is 58.7 Å². The predicted octanol–water partition coefficient (Wildman–Crippen LogP) is 5.03. The molecule has 1 fully saturated rings. The molecule has 4 aromatic rings. The van der Waals surface area contributed by atoms with E-state index in [1.807, 2.05) is 24.3 Å². The molecule has 0 N–H and O–H groups in total. The molecular formula is C24H21ClF3N5O2S. The third-order valence-electron chi connectivity index (χ3n) is 6.04. The summed E-state index contributed by atoms with van der Waals surface area (Å²) in [5, 5.41) is 5.75. The number of ether oxygens (including phenoxy) is 1. The van der Waals surface area contributed by atoms with Crippen molar-refractivity contribution in [1.82, 2.24) is 19.5 Å². The van der Waals surface area contributed by atoms with Gasteiger partial charge in [0, 0.05) is 26.2 Å². The standard InChI is InChI=1S/C24H21ClF3N5O2S/c1-35-18-6-3-2-5-17(18)31-8-10-32(11-9-31)21(34)14-16-22(25)23-29-15(19-7-4-12-36-19)13-20(24(26,27)28)33(23)30-16/h2-7,12-13H,8-11,14H2,1H3. The number of nitrogens with zero attached hydrogens (tertiary/aromatic N) is 5. The lowest BCUT2D eigenvalue weighted by molar-refractivity contribution is -0.142. The van der Waals surface area contributed by atoms with Crippen LogP contribution in [0.25, 0.3) is 16.2 Å². The van der Waals surface area contributed by atoms with E-state index in [9.17, 15) is 18.0 Å². The molecule has 0 unspecified atom stereocenters. The molecule has 1 aromatic carbocycles. The summed E-state index contributed by atoms with van der Waals surface area (Å²) in [6.07, 6.45) is -4.90. The summed E-state index contributed by atoms with van der Waals surface area (Å²) in [5.74, 6) is 0.496. The van der Waals surface area contributed by atoms with Gasteiger partial charge in [0.25, 0.3) is 0 Å². The van der Waals surface area contributed by atoms with E-state index in [4.69, 9.17) is 16.3 Å². The molecule has 0 saturated carbocycles. The van der Waals surface area contributed by atoms with Crippen molar-refractivity contribution in [3.8, 4) is 16.3 Å². The van der Waals surface area contributed by atoms with Gasteiger partial charge in [-0.3, -0.25) is 4.79 Å². The van der Waals surface area contributed by atoms with Gasteiger partial charge in [-0.05, 0) is 29.6 Å². The van der Waals surface area contributed by atoms with Crippen molar-refractivity contribution in [2.24, 2.45) is 0 Å². The Balaban J connectivity index is 1.37.